The van der Waals surface area contributed by atoms with Crippen molar-refractivity contribution >= 4 is 12.0 Å². The van der Waals surface area contributed by atoms with Gasteiger partial charge in [0, 0.05) is 24.7 Å². The number of piperidine rings is 1. The number of ether oxygens (including phenoxy) is 3. The zero-order valence-electron chi connectivity index (χ0n) is 19.7. The van der Waals surface area contributed by atoms with Crippen LogP contribution in [0.25, 0.3) is 0 Å². The van der Waals surface area contributed by atoms with E-state index in [9.17, 15) is 9.59 Å². The normalized spacial score (nSPS) is 14.8. The quantitative estimate of drug-likeness (QED) is 0.566. The van der Waals surface area contributed by atoms with Gasteiger partial charge in [-0.1, -0.05) is 26.2 Å². The highest BCUT2D eigenvalue weighted by Crippen LogP contribution is 2.29. The summed E-state index contributed by atoms with van der Waals surface area (Å²) in [6.45, 7) is 9.50. The number of hydrogen-bond donors (Lipinski definition) is 1. The molecule has 0 bridgehead atoms. The fourth-order valence-corrected chi connectivity index (χ4v) is 3.51. The minimum absolute atomic E-state index is 0.0110. The van der Waals surface area contributed by atoms with Crippen molar-refractivity contribution < 1.29 is 23.8 Å². The summed E-state index contributed by atoms with van der Waals surface area (Å²) in [5, 5.41) is 2.90. The molecule has 1 saturated heterocycles. The van der Waals surface area contributed by atoms with Gasteiger partial charge in [-0.25, -0.2) is 4.79 Å². The molecule has 1 fully saturated rings. The number of amides is 2. The first-order chi connectivity index (χ1) is 14.7. The van der Waals surface area contributed by atoms with Gasteiger partial charge in [-0.2, -0.15) is 0 Å². The van der Waals surface area contributed by atoms with E-state index >= 15 is 0 Å². The van der Waals surface area contributed by atoms with Crippen LogP contribution in [0, 0.1) is 0 Å². The molecule has 1 N–H and O–H groups in total. The molecule has 1 aliphatic heterocycles. The minimum Gasteiger partial charge on any atom is -0.493 e. The number of nitrogens with zero attached hydrogens (tertiary/aromatic N) is 1. The molecule has 0 aromatic heterocycles. The van der Waals surface area contributed by atoms with Crippen molar-refractivity contribution in [2.75, 3.05) is 26.8 Å². The van der Waals surface area contributed by atoms with Crippen molar-refractivity contribution in [3.05, 3.63) is 23.8 Å². The Morgan fingerprint density at radius 2 is 1.81 bits per heavy atom. The van der Waals surface area contributed by atoms with Crippen LogP contribution in [0.4, 0.5) is 4.79 Å². The van der Waals surface area contributed by atoms with Crippen molar-refractivity contribution in [3.8, 4) is 11.5 Å². The van der Waals surface area contributed by atoms with Gasteiger partial charge in [0.15, 0.2) is 11.5 Å². The topological polar surface area (TPSA) is 77.1 Å². The lowest BCUT2D eigenvalue weighted by Gasteiger charge is -2.33. The Kier molecular flexibility index (Phi) is 9.46. The van der Waals surface area contributed by atoms with Crippen LogP contribution in [0.15, 0.2) is 18.2 Å². The zero-order chi connectivity index (χ0) is 22.9. The Balaban J connectivity index is 1.87. The Hall–Kier alpha value is -2.44. The van der Waals surface area contributed by atoms with Crippen molar-refractivity contribution in [1.29, 1.82) is 0 Å². The van der Waals surface area contributed by atoms with E-state index in [0.29, 0.717) is 49.6 Å². The number of hydrogen-bond acceptors (Lipinski definition) is 5. The molecule has 0 spiro atoms. The summed E-state index contributed by atoms with van der Waals surface area (Å²) >= 11 is 0. The first-order valence-electron chi connectivity index (χ1n) is 11.3. The van der Waals surface area contributed by atoms with Crippen LogP contribution in [0.5, 0.6) is 11.5 Å². The van der Waals surface area contributed by atoms with Gasteiger partial charge in [0.25, 0.3) is 5.91 Å². The van der Waals surface area contributed by atoms with E-state index < -0.39 is 11.7 Å². The zero-order valence-corrected chi connectivity index (χ0v) is 19.7. The number of methoxy groups -OCH3 is 1. The van der Waals surface area contributed by atoms with Gasteiger partial charge in [-0.3, -0.25) is 4.79 Å². The van der Waals surface area contributed by atoms with E-state index in [-0.39, 0.29) is 11.9 Å². The highest BCUT2D eigenvalue weighted by Gasteiger charge is 2.26. The summed E-state index contributed by atoms with van der Waals surface area (Å²) in [5.74, 6) is 1.20. The fraction of sp³-hybridized carbons (Fsp3) is 0.667. The number of carbonyl (C=O) groups is 2. The van der Waals surface area contributed by atoms with Gasteiger partial charge < -0.3 is 24.4 Å². The highest BCUT2D eigenvalue weighted by atomic mass is 16.6. The molecule has 0 radical (unpaired) electrons. The molecule has 7 heteroatoms. The molecule has 2 amide bonds. The monoisotopic (exact) mass is 434 g/mol. The van der Waals surface area contributed by atoms with Crippen molar-refractivity contribution in [3.63, 3.8) is 0 Å². The molecule has 0 saturated carbocycles. The first kappa shape index (κ1) is 24.8. The Labute approximate surface area is 186 Å². The summed E-state index contributed by atoms with van der Waals surface area (Å²) in [4.78, 5) is 26.7. The third kappa shape index (κ3) is 8.31. The van der Waals surface area contributed by atoms with E-state index in [1.165, 1.54) is 12.8 Å². The molecular weight excluding hydrogens is 396 g/mol. The number of likely N-dealkylation sites (tertiary alicyclic amines) is 1. The maximum absolute atomic E-state index is 12.9. The number of benzene rings is 1. The molecule has 1 aliphatic rings. The second kappa shape index (κ2) is 11.8. The molecule has 7 nitrogen and oxygen atoms in total. The molecule has 1 aromatic carbocycles. The summed E-state index contributed by atoms with van der Waals surface area (Å²) < 4.78 is 16.6. The lowest BCUT2D eigenvalue weighted by molar-refractivity contribution is 0.0473. The molecule has 1 aromatic rings. The Morgan fingerprint density at radius 1 is 1.10 bits per heavy atom. The first-order valence-corrected chi connectivity index (χ1v) is 11.3. The maximum atomic E-state index is 12.9. The summed E-state index contributed by atoms with van der Waals surface area (Å²) in [7, 11) is 1.58. The summed E-state index contributed by atoms with van der Waals surface area (Å²) in [5.41, 5.74) is 0.0549. The van der Waals surface area contributed by atoms with E-state index in [2.05, 4.69) is 12.2 Å². The predicted octanol–water partition coefficient (Wildman–Crippen LogP) is 4.78. The standard InChI is InChI=1S/C24H38N2O5/c1-6-7-8-9-16-30-20-11-10-18(17-21(20)29-5)22(27)26-14-12-19(13-15-26)25-23(28)31-24(2,3)4/h10-11,17,19H,6-9,12-16H2,1-5H3,(H,25,28). The molecule has 174 valence electrons. The van der Waals surface area contributed by atoms with Gasteiger partial charge in [-0.05, 0) is 58.2 Å². The lowest BCUT2D eigenvalue weighted by Crippen LogP contribution is -2.47. The van der Waals surface area contributed by atoms with E-state index in [1.54, 1.807) is 19.2 Å². The Bertz CT molecular complexity index is 721. The van der Waals surface area contributed by atoms with Crippen molar-refractivity contribution in [2.24, 2.45) is 0 Å². The molecule has 31 heavy (non-hydrogen) atoms. The number of unbranched alkanes of at least 4 members (excludes halogenated alkanes) is 3. The van der Waals surface area contributed by atoms with Crippen LogP contribution < -0.4 is 14.8 Å². The third-order valence-electron chi connectivity index (χ3n) is 5.17. The van der Waals surface area contributed by atoms with Crippen molar-refractivity contribution in [2.45, 2.75) is 77.9 Å². The van der Waals surface area contributed by atoms with Crippen LogP contribution in [0.1, 0.15) is 76.6 Å². The molecule has 2 rings (SSSR count). The number of carbonyl (C=O) groups excluding carboxylic acids is 2. The fourth-order valence-electron chi connectivity index (χ4n) is 3.51. The molecule has 0 aliphatic carbocycles. The lowest BCUT2D eigenvalue weighted by atomic mass is 10.0. The molecule has 1 heterocycles. The number of rotatable bonds is 9. The van der Waals surface area contributed by atoms with Gasteiger partial charge in [0.05, 0.1) is 13.7 Å². The number of alkyl carbamates (subject to hydrolysis) is 1. The molecule has 0 atom stereocenters. The summed E-state index contributed by atoms with van der Waals surface area (Å²) in [6, 6.07) is 5.35. The van der Waals surface area contributed by atoms with Gasteiger partial charge in [0.2, 0.25) is 0 Å². The van der Waals surface area contributed by atoms with Crippen LogP contribution in [0.3, 0.4) is 0 Å². The average molecular weight is 435 g/mol. The minimum atomic E-state index is -0.523. The van der Waals surface area contributed by atoms with E-state index in [0.717, 1.165) is 12.8 Å². The smallest absolute Gasteiger partial charge is 0.407 e. The second-order valence-electron chi connectivity index (χ2n) is 8.99. The maximum Gasteiger partial charge on any atom is 0.407 e. The predicted molar refractivity (Wildman–Crippen MR) is 121 cm³/mol. The van der Waals surface area contributed by atoms with Crippen LogP contribution in [0.2, 0.25) is 0 Å². The second-order valence-corrected chi connectivity index (χ2v) is 8.99. The average Bonchev–Trinajstić information content (AvgIpc) is 2.72. The van der Waals surface area contributed by atoms with Gasteiger partial charge in [0.1, 0.15) is 5.60 Å². The van der Waals surface area contributed by atoms with Crippen LogP contribution >= 0.6 is 0 Å². The van der Waals surface area contributed by atoms with Crippen LogP contribution in [-0.2, 0) is 4.74 Å². The van der Waals surface area contributed by atoms with Gasteiger partial charge >= 0.3 is 6.09 Å². The van der Waals surface area contributed by atoms with E-state index in [4.69, 9.17) is 14.2 Å². The Morgan fingerprint density at radius 3 is 2.42 bits per heavy atom. The highest BCUT2D eigenvalue weighted by molar-refractivity contribution is 5.95. The van der Waals surface area contributed by atoms with Crippen LogP contribution in [-0.4, -0.2) is 55.3 Å². The van der Waals surface area contributed by atoms with Gasteiger partial charge in [-0.15, -0.1) is 0 Å². The third-order valence-corrected chi connectivity index (χ3v) is 5.17. The summed E-state index contributed by atoms with van der Waals surface area (Å²) in [6.07, 6.45) is 5.53. The number of nitrogens with one attached hydrogen (secondary N) is 1. The molecule has 0 unspecified atom stereocenters. The van der Waals surface area contributed by atoms with E-state index in [1.807, 2.05) is 31.7 Å². The largest absolute Gasteiger partial charge is 0.493 e. The SMILES string of the molecule is CCCCCCOc1ccc(C(=O)N2CCC(NC(=O)OC(C)(C)C)CC2)cc1OC. The molecular formula is C24H38N2O5. The van der Waals surface area contributed by atoms with Crippen molar-refractivity contribution in [1.82, 2.24) is 10.2 Å².